The number of nitrogens with one attached hydrogen (secondary N) is 1. The molecule has 1 aromatic carbocycles. The number of para-hydroxylation sites is 2. The number of fused-ring (bicyclic) bond motifs is 1. The topological polar surface area (TPSA) is 90.0 Å². The first-order valence-corrected chi connectivity index (χ1v) is 5.65. The number of imide groups is 1. The molecule has 0 saturated carbocycles. The quantitative estimate of drug-likeness (QED) is 0.839. The fourth-order valence-corrected chi connectivity index (χ4v) is 1.89. The van der Waals surface area contributed by atoms with Gasteiger partial charge >= 0.3 is 6.03 Å². The molecule has 6 heteroatoms. The Morgan fingerprint density at radius 1 is 1.39 bits per heavy atom. The molecule has 0 aliphatic rings. The van der Waals surface area contributed by atoms with Crippen LogP contribution in [0, 0.1) is 0 Å². The van der Waals surface area contributed by atoms with Crippen molar-refractivity contribution in [2.75, 3.05) is 0 Å². The maximum atomic E-state index is 11.6. The summed E-state index contributed by atoms with van der Waals surface area (Å²) in [7, 11) is 0. The van der Waals surface area contributed by atoms with Crippen LogP contribution in [0.5, 0.6) is 0 Å². The van der Waals surface area contributed by atoms with Crippen molar-refractivity contribution >= 4 is 23.0 Å². The Bertz CT molecular complexity index is 603. The summed E-state index contributed by atoms with van der Waals surface area (Å²) < 4.78 is 1.79. The highest BCUT2D eigenvalue weighted by molar-refractivity contribution is 5.94. The van der Waals surface area contributed by atoms with Crippen LogP contribution in [0.15, 0.2) is 24.3 Å². The smallest absolute Gasteiger partial charge is 0.318 e. The van der Waals surface area contributed by atoms with E-state index in [0.717, 1.165) is 16.9 Å². The minimum Gasteiger partial charge on any atom is -0.351 e. The molecule has 0 saturated heterocycles. The van der Waals surface area contributed by atoms with Crippen LogP contribution in [0.3, 0.4) is 0 Å². The third kappa shape index (κ3) is 2.32. The minimum absolute atomic E-state index is 0.0344. The number of primary amides is 1. The molecule has 0 bridgehead atoms. The van der Waals surface area contributed by atoms with Gasteiger partial charge < -0.3 is 10.3 Å². The Balaban J connectivity index is 2.36. The van der Waals surface area contributed by atoms with Gasteiger partial charge in [0.25, 0.3) is 0 Å². The van der Waals surface area contributed by atoms with Gasteiger partial charge in [-0.15, -0.1) is 0 Å². The van der Waals surface area contributed by atoms with Crippen molar-refractivity contribution in [3.05, 3.63) is 30.1 Å². The summed E-state index contributed by atoms with van der Waals surface area (Å²) in [5.74, 6) is 0.358. The van der Waals surface area contributed by atoms with E-state index >= 15 is 0 Å². The van der Waals surface area contributed by atoms with Gasteiger partial charge in [0.1, 0.15) is 12.4 Å². The number of imidazole rings is 1. The number of carbonyl (C=O) groups excluding carboxylic acids is 2. The number of hydrogen-bond acceptors (Lipinski definition) is 3. The molecule has 3 N–H and O–H groups in total. The molecule has 0 aliphatic carbocycles. The Morgan fingerprint density at radius 3 is 2.78 bits per heavy atom. The van der Waals surface area contributed by atoms with Gasteiger partial charge in [0.15, 0.2) is 0 Å². The number of amides is 3. The zero-order valence-electron chi connectivity index (χ0n) is 10.0. The second-order valence-electron chi connectivity index (χ2n) is 3.87. The average Bonchev–Trinajstić information content (AvgIpc) is 2.66. The lowest BCUT2D eigenvalue weighted by Crippen LogP contribution is -2.37. The zero-order valence-corrected chi connectivity index (χ0v) is 10.0. The molecule has 6 nitrogen and oxygen atoms in total. The molecule has 94 valence electrons. The molecule has 1 heterocycles. The lowest BCUT2D eigenvalue weighted by Gasteiger charge is -2.07. The summed E-state index contributed by atoms with van der Waals surface area (Å²) in [6.45, 7) is 2.00. The maximum absolute atomic E-state index is 11.6. The van der Waals surface area contributed by atoms with Crippen LogP contribution in [0.2, 0.25) is 0 Å². The van der Waals surface area contributed by atoms with Crippen molar-refractivity contribution in [1.29, 1.82) is 0 Å². The lowest BCUT2D eigenvalue weighted by atomic mass is 10.3. The molecule has 1 aromatic heterocycles. The van der Waals surface area contributed by atoms with Crippen molar-refractivity contribution in [2.24, 2.45) is 5.73 Å². The standard InChI is InChI=1S/C12H14N4O2/c1-2-10-14-8-5-3-4-6-9(8)16(10)7-11(17)15-12(13)18/h3-6H,2,7H2,1H3,(H3,13,15,17,18). The van der Waals surface area contributed by atoms with Gasteiger partial charge in [-0.25, -0.2) is 9.78 Å². The van der Waals surface area contributed by atoms with E-state index in [9.17, 15) is 9.59 Å². The van der Waals surface area contributed by atoms with E-state index in [2.05, 4.69) is 4.98 Å². The number of aromatic nitrogens is 2. The fraction of sp³-hybridized carbons (Fsp3) is 0.250. The summed E-state index contributed by atoms with van der Waals surface area (Å²) in [6.07, 6.45) is 0.707. The number of benzene rings is 1. The van der Waals surface area contributed by atoms with Gasteiger partial charge in [0.05, 0.1) is 11.0 Å². The predicted octanol–water partition coefficient (Wildman–Crippen LogP) is 0.794. The van der Waals surface area contributed by atoms with Gasteiger partial charge in [-0.2, -0.15) is 0 Å². The average molecular weight is 246 g/mol. The van der Waals surface area contributed by atoms with Gasteiger partial charge in [-0.05, 0) is 12.1 Å². The Kier molecular flexibility index (Phi) is 3.27. The molecule has 0 spiro atoms. The molecule has 3 amide bonds. The van der Waals surface area contributed by atoms with Crippen LogP contribution < -0.4 is 11.1 Å². The highest BCUT2D eigenvalue weighted by Crippen LogP contribution is 2.16. The number of hydrogen-bond donors (Lipinski definition) is 2. The second kappa shape index (κ2) is 4.87. The molecule has 2 rings (SSSR count). The van der Waals surface area contributed by atoms with E-state index in [1.54, 1.807) is 4.57 Å². The van der Waals surface area contributed by atoms with Crippen molar-refractivity contribution in [3.8, 4) is 0 Å². The molecule has 0 atom stereocenters. The van der Waals surface area contributed by atoms with Crippen LogP contribution >= 0.6 is 0 Å². The van der Waals surface area contributed by atoms with E-state index in [4.69, 9.17) is 5.73 Å². The van der Waals surface area contributed by atoms with E-state index < -0.39 is 11.9 Å². The summed E-state index contributed by atoms with van der Waals surface area (Å²) in [4.78, 5) is 26.6. The molecule has 0 unspecified atom stereocenters. The number of nitrogens with two attached hydrogens (primary N) is 1. The number of carbonyl (C=O) groups is 2. The van der Waals surface area contributed by atoms with Gasteiger partial charge in [0, 0.05) is 6.42 Å². The van der Waals surface area contributed by atoms with Crippen molar-refractivity contribution in [2.45, 2.75) is 19.9 Å². The van der Waals surface area contributed by atoms with Gasteiger partial charge in [-0.3, -0.25) is 10.1 Å². The van der Waals surface area contributed by atoms with Crippen molar-refractivity contribution in [1.82, 2.24) is 14.9 Å². The Labute approximate surface area is 104 Å². The molecule has 18 heavy (non-hydrogen) atoms. The second-order valence-corrected chi connectivity index (χ2v) is 3.87. The normalized spacial score (nSPS) is 10.5. The van der Waals surface area contributed by atoms with E-state index in [-0.39, 0.29) is 6.54 Å². The first-order valence-electron chi connectivity index (χ1n) is 5.65. The number of rotatable bonds is 3. The fourth-order valence-electron chi connectivity index (χ4n) is 1.89. The molecule has 0 fully saturated rings. The van der Waals surface area contributed by atoms with E-state index in [0.29, 0.717) is 6.42 Å². The summed E-state index contributed by atoms with van der Waals surface area (Å²) in [5.41, 5.74) is 6.61. The van der Waals surface area contributed by atoms with Crippen LogP contribution in [0.25, 0.3) is 11.0 Å². The van der Waals surface area contributed by atoms with Crippen LogP contribution in [0.4, 0.5) is 4.79 Å². The van der Waals surface area contributed by atoms with E-state index in [1.807, 2.05) is 36.5 Å². The minimum atomic E-state index is -0.845. The lowest BCUT2D eigenvalue weighted by molar-refractivity contribution is -0.120. The summed E-state index contributed by atoms with van der Waals surface area (Å²) >= 11 is 0. The number of nitrogens with zero attached hydrogens (tertiary/aromatic N) is 2. The van der Waals surface area contributed by atoms with Crippen molar-refractivity contribution in [3.63, 3.8) is 0 Å². The molecule has 0 aliphatic heterocycles. The first kappa shape index (κ1) is 12.1. The Morgan fingerprint density at radius 2 is 2.11 bits per heavy atom. The maximum Gasteiger partial charge on any atom is 0.318 e. The van der Waals surface area contributed by atoms with Gasteiger partial charge in [-0.1, -0.05) is 19.1 Å². The predicted molar refractivity (Wildman–Crippen MR) is 66.8 cm³/mol. The SMILES string of the molecule is CCc1nc2ccccc2n1CC(=O)NC(N)=O. The Hall–Kier alpha value is -2.37. The summed E-state index contributed by atoms with van der Waals surface area (Å²) in [6, 6.07) is 6.70. The molecular formula is C12H14N4O2. The van der Waals surface area contributed by atoms with Crippen molar-refractivity contribution < 1.29 is 9.59 Å². The molecule has 2 aromatic rings. The van der Waals surface area contributed by atoms with E-state index in [1.165, 1.54) is 0 Å². The monoisotopic (exact) mass is 246 g/mol. The molecular weight excluding hydrogens is 232 g/mol. The van der Waals surface area contributed by atoms with Gasteiger partial charge in [0.2, 0.25) is 5.91 Å². The third-order valence-corrected chi connectivity index (χ3v) is 2.61. The van der Waals surface area contributed by atoms with Crippen LogP contribution in [-0.4, -0.2) is 21.5 Å². The van der Waals surface area contributed by atoms with Crippen LogP contribution in [-0.2, 0) is 17.8 Å². The zero-order chi connectivity index (χ0) is 13.1. The highest BCUT2D eigenvalue weighted by atomic mass is 16.2. The summed E-state index contributed by atoms with van der Waals surface area (Å²) in [5, 5.41) is 2.05. The number of aryl methyl sites for hydroxylation is 1. The van der Waals surface area contributed by atoms with Crippen LogP contribution in [0.1, 0.15) is 12.7 Å². The first-order chi connectivity index (χ1) is 8.61. The number of urea groups is 1. The highest BCUT2D eigenvalue weighted by Gasteiger charge is 2.12. The third-order valence-electron chi connectivity index (χ3n) is 2.61. The largest absolute Gasteiger partial charge is 0.351 e. The molecule has 0 radical (unpaired) electrons.